The second-order valence-corrected chi connectivity index (χ2v) is 6.60. The highest BCUT2D eigenvalue weighted by molar-refractivity contribution is 7.12. The van der Waals surface area contributed by atoms with Gasteiger partial charge in [0, 0.05) is 15.8 Å². The van der Waals surface area contributed by atoms with Crippen LogP contribution in [0.3, 0.4) is 0 Å². The van der Waals surface area contributed by atoms with Gasteiger partial charge in [0.05, 0.1) is 25.2 Å². The van der Waals surface area contributed by atoms with Crippen molar-refractivity contribution in [3.05, 3.63) is 21.4 Å². The number of carbonyl (C=O) groups is 1. The van der Waals surface area contributed by atoms with Crippen LogP contribution in [0.2, 0.25) is 0 Å². The maximum Gasteiger partial charge on any atom is 0.227 e. The first kappa shape index (κ1) is 14.5. The van der Waals surface area contributed by atoms with E-state index in [4.69, 9.17) is 4.74 Å². The second kappa shape index (κ2) is 6.03. The van der Waals surface area contributed by atoms with E-state index in [1.54, 1.807) is 11.3 Å². The minimum Gasteiger partial charge on any atom is -0.379 e. The van der Waals surface area contributed by atoms with E-state index in [-0.39, 0.29) is 23.9 Å². The van der Waals surface area contributed by atoms with Crippen LogP contribution in [-0.2, 0) is 9.53 Å². The maximum absolute atomic E-state index is 12.3. The Balaban J connectivity index is 2.00. The lowest BCUT2D eigenvalue weighted by Crippen LogP contribution is -2.43. The number of rotatable bonds is 4. The number of carbonyl (C=O) groups excluding carboxylic acids is 1. The molecule has 0 spiro atoms. The van der Waals surface area contributed by atoms with Crippen LogP contribution in [-0.4, -0.2) is 32.2 Å². The zero-order chi connectivity index (χ0) is 14.0. The third-order valence-electron chi connectivity index (χ3n) is 3.69. The van der Waals surface area contributed by atoms with Gasteiger partial charge in [-0.3, -0.25) is 4.79 Å². The average molecular weight is 282 g/mol. The predicted molar refractivity (Wildman–Crippen MR) is 77.5 cm³/mol. The number of thiophene rings is 1. The van der Waals surface area contributed by atoms with Crippen molar-refractivity contribution < 1.29 is 9.53 Å². The van der Waals surface area contributed by atoms with E-state index in [0.717, 1.165) is 0 Å². The quantitative estimate of drug-likeness (QED) is 0.885. The summed E-state index contributed by atoms with van der Waals surface area (Å²) in [7, 11) is 1.87. The molecule has 0 radical (unpaired) electrons. The lowest BCUT2D eigenvalue weighted by atomic mass is 10.0. The fourth-order valence-corrected chi connectivity index (χ4v) is 3.60. The number of amides is 1. The molecule has 3 atom stereocenters. The molecule has 1 aromatic heterocycles. The van der Waals surface area contributed by atoms with Gasteiger partial charge >= 0.3 is 0 Å². The number of likely N-dealkylation sites (N-methyl/N-ethyl adjacent to an activating group) is 1. The molecule has 0 aromatic carbocycles. The molecule has 1 saturated heterocycles. The van der Waals surface area contributed by atoms with Crippen LogP contribution < -0.4 is 10.6 Å². The molecule has 1 aliphatic heterocycles. The topological polar surface area (TPSA) is 50.4 Å². The highest BCUT2D eigenvalue weighted by Crippen LogP contribution is 2.26. The zero-order valence-electron chi connectivity index (χ0n) is 11.9. The number of aryl methyl sites for hydroxylation is 2. The van der Waals surface area contributed by atoms with E-state index in [2.05, 4.69) is 30.5 Å². The van der Waals surface area contributed by atoms with E-state index in [0.29, 0.717) is 13.2 Å². The number of ether oxygens (including phenoxy) is 1. The van der Waals surface area contributed by atoms with Gasteiger partial charge in [-0.05, 0) is 39.4 Å². The Morgan fingerprint density at radius 3 is 2.79 bits per heavy atom. The summed E-state index contributed by atoms with van der Waals surface area (Å²) in [5.74, 6) is -0.0138. The van der Waals surface area contributed by atoms with Crippen molar-refractivity contribution >= 4 is 17.2 Å². The normalized spacial score (nSPS) is 24.4. The summed E-state index contributed by atoms with van der Waals surface area (Å²) in [6, 6.07) is 2.33. The van der Waals surface area contributed by atoms with Crippen molar-refractivity contribution in [2.24, 2.45) is 5.92 Å². The highest BCUT2D eigenvalue weighted by Gasteiger charge is 2.33. The van der Waals surface area contributed by atoms with Gasteiger partial charge in [-0.15, -0.1) is 11.3 Å². The molecule has 3 unspecified atom stereocenters. The Bertz CT molecular complexity index is 458. The fourth-order valence-electron chi connectivity index (χ4n) is 2.58. The molecule has 4 nitrogen and oxygen atoms in total. The molecule has 106 valence electrons. The Labute approximate surface area is 118 Å². The van der Waals surface area contributed by atoms with Crippen molar-refractivity contribution in [3.63, 3.8) is 0 Å². The molecule has 0 bridgehead atoms. The Morgan fingerprint density at radius 2 is 2.21 bits per heavy atom. The fraction of sp³-hybridized carbons (Fsp3) is 0.643. The van der Waals surface area contributed by atoms with E-state index in [1.807, 2.05) is 14.0 Å². The van der Waals surface area contributed by atoms with Crippen LogP contribution in [0.25, 0.3) is 0 Å². The number of hydrogen-bond acceptors (Lipinski definition) is 4. The van der Waals surface area contributed by atoms with E-state index >= 15 is 0 Å². The summed E-state index contributed by atoms with van der Waals surface area (Å²) in [4.78, 5) is 14.8. The van der Waals surface area contributed by atoms with E-state index in [1.165, 1.54) is 15.3 Å². The molecule has 5 heteroatoms. The molecular formula is C14H22N2O2S. The van der Waals surface area contributed by atoms with Gasteiger partial charge in [-0.1, -0.05) is 0 Å². The van der Waals surface area contributed by atoms with Gasteiger partial charge in [-0.2, -0.15) is 0 Å². The first-order valence-electron chi connectivity index (χ1n) is 6.65. The molecule has 0 aliphatic carbocycles. The molecule has 1 aromatic rings. The molecule has 2 rings (SSSR count). The summed E-state index contributed by atoms with van der Waals surface area (Å²) in [5.41, 5.74) is 1.22. The minimum atomic E-state index is -0.0903. The third-order valence-corrected chi connectivity index (χ3v) is 4.67. The van der Waals surface area contributed by atoms with Crippen LogP contribution in [0.4, 0.5) is 0 Å². The molecule has 2 N–H and O–H groups in total. The number of nitrogens with one attached hydrogen (secondary N) is 2. The van der Waals surface area contributed by atoms with Crippen molar-refractivity contribution in [3.8, 4) is 0 Å². The van der Waals surface area contributed by atoms with Gasteiger partial charge < -0.3 is 15.4 Å². The lowest BCUT2D eigenvalue weighted by molar-refractivity contribution is -0.126. The average Bonchev–Trinajstić information content (AvgIpc) is 2.95. The van der Waals surface area contributed by atoms with Crippen LogP contribution in [0, 0.1) is 19.8 Å². The maximum atomic E-state index is 12.3. The number of hydrogen-bond donors (Lipinski definition) is 2. The Kier molecular flexibility index (Phi) is 4.60. The molecular weight excluding hydrogens is 260 g/mol. The largest absolute Gasteiger partial charge is 0.379 e. The van der Waals surface area contributed by atoms with Crippen LogP contribution in [0.5, 0.6) is 0 Å². The third kappa shape index (κ3) is 3.16. The van der Waals surface area contributed by atoms with Gasteiger partial charge in [-0.25, -0.2) is 0 Å². The van der Waals surface area contributed by atoms with E-state index < -0.39 is 0 Å². The SMILES string of the molecule is CNC1COCC1C(=O)NC(C)c1cc(C)sc1C. The summed E-state index contributed by atoms with van der Waals surface area (Å²) >= 11 is 1.77. The van der Waals surface area contributed by atoms with Gasteiger partial charge in [0.15, 0.2) is 0 Å². The van der Waals surface area contributed by atoms with E-state index in [9.17, 15) is 4.79 Å². The van der Waals surface area contributed by atoms with Gasteiger partial charge in [0.25, 0.3) is 0 Å². The second-order valence-electron chi connectivity index (χ2n) is 5.14. The van der Waals surface area contributed by atoms with Gasteiger partial charge in [0.2, 0.25) is 5.91 Å². The molecule has 2 heterocycles. The van der Waals surface area contributed by atoms with Crippen LogP contribution in [0.15, 0.2) is 6.07 Å². The van der Waals surface area contributed by atoms with Crippen molar-refractivity contribution in [1.82, 2.24) is 10.6 Å². The van der Waals surface area contributed by atoms with Crippen LogP contribution >= 0.6 is 11.3 Å². The first-order valence-corrected chi connectivity index (χ1v) is 7.47. The summed E-state index contributed by atoms with van der Waals surface area (Å²) in [6.45, 7) is 7.35. The van der Waals surface area contributed by atoms with Crippen molar-refractivity contribution in [1.29, 1.82) is 0 Å². The standard InChI is InChI=1S/C14H22N2O2S/c1-8-5-11(10(3)19-8)9(2)16-14(17)12-6-18-7-13(12)15-4/h5,9,12-13,15H,6-7H2,1-4H3,(H,16,17). The van der Waals surface area contributed by atoms with Crippen LogP contribution in [0.1, 0.15) is 28.3 Å². The Hall–Kier alpha value is -0.910. The molecule has 0 saturated carbocycles. The smallest absolute Gasteiger partial charge is 0.227 e. The van der Waals surface area contributed by atoms with Crippen molar-refractivity contribution in [2.45, 2.75) is 32.9 Å². The lowest BCUT2D eigenvalue weighted by Gasteiger charge is -2.20. The molecule has 1 fully saturated rings. The van der Waals surface area contributed by atoms with Crippen molar-refractivity contribution in [2.75, 3.05) is 20.3 Å². The highest BCUT2D eigenvalue weighted by atomic mass is 32.1. The Morgan fingerprint density at radius 1 is 1.47 bits per heavy atom. The summed E-state index contributed by atoms with van der Waals surface area (Å²) in [5, 5.41) is 6.24. The first-order chi connectivity index (χ1) is 9.02. The van der Waals surface area contributed by atoms with Gasteiger partial charge in [0.1, 0.15) is 0 Å². The molecule has 1 amide bonds. The minimum absolute atomic E-state index is 0.0514. The monoisotopic (exact) mass is 282 g/mol. The summed E-state index contributed by atoms with van der Waals surface area (Å²) < 4.78 is 5.38. The summed E-state index contributed by atoms with van der Waals surface area (Å²) in [6.07, 6.45) is 0. The predicted octanol–water partition coefficient (Wildman–Crippen LogP) is 1.78. The molecule has 1 aliphatic rings. The molecule has 19 heavy (non-hydrogen) atoms. The zero-order valence-corrected chi connectivity index (χ0v) is 12.8.